The Labute approximate surface area is 348 Å². The van der Waals surface area contributed by atoms with Gasteiger partial charge in [0.05, 0.1) is 150 Å². The summed E-state index contributed by atoms with van der Waals surface area (Å²) in [4.78, 5) is 2.65. The number of ether oxygens (including phenoxy) is 11. The van der Waals surface area contributed by atoms with Crippen molar-refractivity contribution in [3.05, 3.63) is 118 Å². The molecule has 0 aromatic heterocycles. The van der Waals surface area contributed by atoms with E-state index in [0.717, 1.165) is 5.75 Å². The van der Waals surface area contributed by atoms with Crippen LogP contribution in [0.25, 0.3) is 10.4 Å². The minimum Gasteiger partial charge on any atom is -0.379 e. The second kappa shape index (κ2) is 35.8. The zero-order chi connectivity index (χ0) is 40.7. The third-order valence-electron chi connectivity index (χ3n) is 8.21. The van der Waals surface area contributed by atoms with Crippen LogP contribution in [0.4, 0.5) is 0 Å². The molecule has 0 bridgehead atoms. The molecule has 322 valence electrons. The molecule has 3 rings (SSSR count). The van der Waals surface area contributed by atoms with Crippen molar-refractivity contribution in [1.29, 1.82) is 0 Å². The van der Waals surface area contributed by atoms with Crippen molar-refractivity contribution >= 4 is 11.8 Å². The van der Waals surface area contributed by atoms with E-state index in [-0.39, 0.29) is 4.75 Å². The molecule has 0 aliphatic carbocycles. The molecule has 3 aromatic carbocycles. The summed E-state index contributed by atoms with van der Waals surface area (Å²) < 4.78 is 60.5. The lowest BCUT2D eigenvalue weighted by atomic mass is 9.84. The van der Waals surface area contributed by atoms with Gasteiger partial charge in [0, 0.05) is 17.2 Å². The van der Waals surface area contributed by atoms with Gasteiger partial charge in [-0.25, -0.2) is 0 Å². The Morgan fingerprint density at radius 1 is 0.362 bits per heavy atom. The maximum Gasteiger partial charge on any atom is 0.0907 e. The zero-order valence-corrected chi connectivity index (χ0v) is 34.7. The maximum atomic E-state index is 8.16. The minimum absolute atomic E-state index is 0.326. The van der Waals surface area contributed by atoms with Crippen LogP contribution in [-0.4, -0.2) is 158 Å². The predicted octanol–water partition coefficient (Wildman–Crippen LogP) is 6.20. The molecule has 0 atom stereocenters. The lowest BCUT2D eigenvalue weighted by Gasteiger charge is -2.35. The summed E-state index contributed by atoms with van der Waals surface area (Å²) in [7, 11) is 0. The molecule has 0 unspecified atom stereocenters. The lowest BCUT2D eigenvalue weighted by molar-refractivity contribution is -0.0273. The van der Waals surface area contributed by atoms with Crippen LogP contribution >= 0.6 is 11.8 Å². The van der Waals surface area contributed by atoms with Gasteiger partial charge < -0.3 is 52.1 Å². The van der Waals surface area contributed by atoms with Gasteiger partial charge in [-0.3, -0.25) is 0 Å². The molecule has 3 aromatic rings. The number of hydrogen-bond acceptors (Lipinski definition) is 13. The lowest BCUT2D eigenvalue weighted by Crippen LogP contribution is -2.26. The fourth-order valence-electron chi connectivity index (χ4n) is 5.47. The number of nitrogens with zero attached hydrogens (tertiary/aromatic N) is 3. The van der Waals surface area contributed by atoms with E-state index in [4.69, 9.17) is 57.6 Å². The van der Waals surface area contributed by atoms with Crippen LogP contribution in [0.3, 0.4) is 0 Å². The Hall–Kier alpha value is -3.12. The Morgan fingerprint density at radius 2 is 0.603 bits per heavy atom. The number of benzene rings is 3. The van der Waals surface area contributed by atoms with Crippen LogP contribution in [0, 0.1) is 0 Å². The fraction of sp³-hybridized carbons (Fsp3) is 0.581. The van der Waals surface area contributed by atoms with Gasteiger partial charge in [-0.2, -0.15) is 0 Å². The highest BCUT2D eigenvalue weighted by atomic mass is 32.2. The van der Waals surface area contributed by atoms with Gasteiger partial charge in [0.1, 0.15) is 0 Å². The third kappa shape index (κ3) is 22.9. The first-order chi connectivity index (χ1) is 28.9. The topological polar surface area (TPSA) is 150 Å². The highest BCUT2D eigenvalue weighted by molar-refractivity contribution is 8.00. The van der Waals surface area contributed by atoms with Crippen molar-refractivity contribution in [3.8, 4) is 0 Å². The molecule has 0 aliphatic heterocycles. The van der Waals surface area contributed by atoms with Crippen molar-refractivity contribution in [1.82, 2.24) is 0 Å². The van der Waals surface area contributed by atoms with E-state index in [1.165, 1.54) is 16.7 Å². The van der Waals surface area contributed by atoms with Crippen LogP contribution in [0.2, 0.25) is 0 Å². The van der Waals surface area contributed by atoms with Gasteiger partial charge in [0.25, 0.3) is 0 Å². The second-order valence-electron chi connectivity index (χ2n) is 12.3. The second-order valence-corrected chi connectivity index (χ2v) is 13.6. The van der Waals surface area contributed by atoms with Gasteiger partial charge in [-0.15, -0.1) is 11.8 Å². The molecule has 15 heteroatoms. The van der Waals surface area contributed by atoms with Crippen molar-refractivity contribution < 1.29 is 52.1 Å². The van der Waals surface area contributed by atoms with E-state index < -0.39 is 0 Å². The fourth-order valence-corrected chi connectivity index (χ4v) is 6.89. The molecule has 0 saturated heterocycles. The molecule has 0 heterocycles. The smallest absolute Gasteiger partial charge is 0.0907 e. The van der Waals surface area contributed by atoms with Crippen LogP contribution in [0.1, 0.15) is 16.7 Å². The minimum atomic E-state index is -0.340. The first-order valence-electron chi connectivity index (χ1n) is 20.0. The highest BCUT2D eigenvalue weighted by Crippen LogP contribution is 2.48. The summed E-state index contributed by atoms with van der Waals surface area (Å²) in [6, 6.07) is 32.1. The van der Waals surface area contributed by atoms with E-state index in [9.17, 15) is 0 Å². The summed E-state index contributed by atoms with van der Waals surface area (Å²) >= 11 is 1.90. The van der Waals surface area contributed by atoms with Gasteiger partial charge in [0.15, 0.2) is 0 Å². The first-order valence-corrected chi connectivity index (χ1v) is 21.0. The summed E-state index contributed by atoms with van der Waals surface area (Å²) in [5.74, 6) is 0.828. The Bertz CT molecular complexity index is 1300. The van der Waals surface area contributed by atoms with E-state index in [1.54, 1.807) is 0 Å². The molecule has 0 amide bonds. The standard InChI is InChI=1S/C43H63N3O11S/c44-46-45-16-17-47-18-19-48-20-21-49-22-23-50-24-25-51-26-27-52-28-29-53-30-31-54-32-33-55-34-35-56-36-37-57-38-39-58-43(40-10-4-1-5-11-40,41-12-6-2-7-13-41)42-14-8-3-9-15-42/h1-15H,16-39H2. The van der Waals surface area contributed by atoms with Gasteiger partial charge in [-0.1, -0.05) is 96.1 Å². The summed E-state index contributed by atoms with van der Waals surface area (Å²) in [6.07, 6.45) is 0. The van der Waals surface area contributed by atoms with E-state index in [2.05, 4.69) is 101 Å². The number of rotatable bonds is 40. The largest absolute Gasteiger partial charge is 0.379 e. The van der Waals surface area contributed by atoms with Crippen molar-refractivity contribution in [3.63, 3.8) is 0 Å². The predicted molar refractivity (Wildman–Crippen MR) is 225 cm³/mol. The molecule has 14 nitrogen and oxygen atoms in total. The molecular weight excluding hydrogens is 767 g/mol. The summed E-state index contributed by atoms with van der Waals surface area (Å²) in [5.41, 5.74) is 11.9. The van der Waals surface area contributed by atoms with Crippen molar-refractivity contribution in [2.75, 3.05) is 158 Å². The number of thioether (sulfide) groups is 1. The Kier molecular flexibility index (Phi) is 30.4. The van der Waals surface area contributed by atoms with E-state index in [0.29, 0.717) is 152 Å². The SMILES string of the molecule is [N-]=[N+]=NCCOCCOCCOCCOCCOCCOCCOCCOCCOCCOCCOCCSC(c1ccccc1)(c1ccccc1)c1ccccc1. The molecule has 0 saturated carbocycles. The quantitative estimate of drug-likeness (QED) is 0.0211. The monoisotopic (exact) mass is 829 g/mol. The van der Waals surface area contributed by atoms with Crippen LogP contribution in [0.15, 0.2) is 96.1 Å². The van der Waals surface area contributed by atoms with Crippen LogP contribution < -0.4 is 0 Å². The number of azide groups is 1. The van der Waals surface area contributed by atoms with Crippen LogP contribution in [-0.2, 0) is 56.9 Å². The van der Waals surface area contributed by atoms with Crippen molar-refractivity contribution in [2.24, 2.45) is 5.11 Å². The van der Waals surface area contributed by atoms with Crippen LogP contribution in [0.5, 0.6) is 0 Å². The van der Waals surface area contributed by atoms with Crippen molar-refractivity contribution in [2.45, 2.75) is 4.75 Å². The Morgan fingerprint density at radius 3 is 0.862 bits per heavy atom. The maximum absolute atomic E-state index is 8.16. The van der Waals surface area contributed by atoms with E-state index >= 15 is 0 Å². The average Bonchev–Trinajstić information content (AvgIpc) is 3.27. The molecule has 58 heavy (non-hydrogen) atoms. The zero-order valence-electron chi connectivity index (χ0n) is 33.9. The summed E-state index contributed by atoms with van der Waals surface area (Å²) in [6.45, 7) is 11.3. The summed E-state index contributed by atoms with van der Waals surface area (Å²) in [5, 5.41) is 3.38. The molecule has 0 radical (unpaired) electrons. The first kappa shape index (κ1) is 49.2. The normalized spacial score (nSPS) is 11.5. The average molecular weight is 830 g/mol. The third-order valence-corrected chi connectivity index (χ3v) is 9.72. The van der Waals surface area contributed by atoms with Gasteiger partial charge in [-0.05, 0) is 22.2 Å². The molecule has 0 aliphatic rings. The molecule has 0 N–H and O–H groups in total. The highest BCUT2D eigenvalue weighted by Gasteiger charge is 2.36. The van der Waals surface area contributed by atoms with Gasteiger partial charge in [0.2, 0.25) is 0 Å². The number of hydrogen-bond donors (Lipinski definition) is 0. The molecular formula is C43H63N3O11S. The Balaban J connectivity index is 1.03. The van der Waals surface area contributed by atoms with E-state index in [1.807, 2.05) is 11.8 Å². The molecule has 0 fully saturated rings. The molecule has 0 spiro atoms. The van der Waals surface area contributed by atoms with Gasteiger partial charge >= 0.3 is 0 Å².